The van der Waals surface area contributed by atoms with Crippen LogP contribution in [0, 0.1) is 5.92 Å². The number of carboxylic acids is 1. The highest BCUT2D eigenvalue weighted by atomic mass is 35.5. The average molecular weight is 318 g/mol. The van der Waals surface area contributed by atoms with Gasteiger partial charge in [0.15, 0.2) is 0 Å². The molecule has 0 aliphatic heterocycles. The van der Waals surface area contributed by atoms with Gasteiger partial charge in [-0.2, -0.15) is 0 Å². The maximum Gasteiger partial charge on any atom is 0.337 e. The summed E-state index contributed by atoms with van der Waals surface area (Å²) in [6.45, 7) is 2.06. The number of hydrogen-bond acceptors (Lipinski definition) is 3. The first-order valence-corrected chi connectivity index (χ1v) is 8.26. The number of rotatable bonds is 6. The third kappa shape index (κ3) is 3.31. The van der Waals surface area contributed by atoms with Crippen molar-refractivity contribution in [2.45, 2.75) is 37.1 Å². The van der Waals surface area contributed by atoms with Crippen molar-refractivity contribution < 1.29 is 18.3 Å². The fraction of sp³-hybridized carbons (Fsp3) is 0.462. The van der Waals surface area contributed by atoms with Gasteiger partial charge in [-0.05, 0) is 37.0 Å². The second-order valence-electron chi connectivity index (χ2n) is 4.96. The Morgan fingerprint density at radius 1 is 1.50 bits per heavy atom. The van der Waals surface area contributed by atoms with Crippen molar-refractivity contribution in [1.82, 2.24) is 4.72 Å². The Hall–Kier alpha value is -1.11. The Kier molecular flexibility index (Phi) is 4.36. The lowest BCUT2D eigenvalue weighted by Gasteiger charge is -2.08. The molecule has 1 aliphatic rings. The van der Waals surface area contributed by atoms with Crippen LogP contribution in [0.4, 0.5) is 0 Å². The van der Waals surface area contributed by atoms with Gasteiger partial charge >= 0.3 is 5.97 Å². The van der Waals surface area contributed by atoms with Crippen molar-refractivity contribution >= 4 is 27.6 Å². The molecule has 110 valence electrons. The Balaban J connectivity index is 2.18. The summed E-state index contributed by atoms with van der Waals surface area (Å²) in [5.74, 6) is -0.858. The van der Waals surface area contributed by atoms with Gasteiger partial charge in [-0.1, -0.05) is 24.9 Å². The highest BCUT2D eigenvalue weighted by Crippen LogP contribution is 2.35. The van der Waals surface area contributed by atoms with Gasteiger partial charge in [-0.3, -0.25) is 0 Å². The number of halogens is 1. The van der Waals surface area contributed by atoms with Gasteiger partial charge in [0.1, 0.15) is 0 Å². The molecule has 0 amide bonds. The Morgan fingerprint density at radius 3 is 2.80 bits per heavy atom. The number of nitrogens with one attached hydrogen (secondary N) is 1. The molecule has 7 heteroatoms. The summed E-state index contributed by atoms with van der Waals surface area (Å²) in [6, 6.07) is 3.65. The Morgan fingerprint density at radius 2 is 2.20 bits per heavy atom. The molecule has 1 saturated carbocycles. The number of sulfonamides is 1. The largest absolute Gasteiger partial charge is 0.478 e. The van der Waals surface area contributed by atoms with Crippen molar-refractivity contribution in [3.63, 3.8) is 0 Å². The van der Waals surface area contributed by atoms with E-state index in [1.165, 1.54) is 12.1 Å². The molecule has 2 N–H and O–H groups in total. The van der Waals surface area contributed by atoms with E-state index >= 15 is 0 Å². The van der Waals surface area contributed by atoms with Gasteiger partial charge in [-0.25, -0.2) is 17.9 Å². The molecular weight excluding hydrogens is 302 g/mol. The van der Waals surface area contributed by atoms with Crippen LogP contribution in [-0.4, -0.2) is 25.5 Å². The standard InChI is InChI=1S/C13H16ClNO4S/c1-2-3-8-6-12(8)15-20(18,19)9-4-5-11(14)10(7-9)13(16)17/h4-5,7-8,12,15H,2-3,6H2,1H3,(H,16,17). The van der Waals surface area contributed by atoms with E-state index in [2.05, 4.69) is 11.6 Å². The maximum atomic E-state index is 12.2. The summed E-state index contributed by atoms with van der Waals surface area (Å²) in [4.78, 5) is 10.9. The topological polar surface area (TPSA) is 83.5 Å². The van der Waals surface area contributed by atoms with Gasteiger partial charge in [-0.15, -0.1) is 0 Å². The van der Waals surface area contributed by atoms with Crippen molar-refractivity contribution in [1.29, 1.82) is 0 Å². The molecule has 20 heavy (non-hydrogen) atoms. The second-order valence-corrected chi connectivity index (χ2v) is 7.08. The van der Waals surface area contributed by atoms with E-state index in [1.54, 1.807) is 0 Å². The van der Waals surface area contributed by atoms with Crippen molar-refractivity contribution in [3.05, 3.63) is 28.8 Å². The van der Waals surface area contributed by atoms with Gasteiger partial charge in [0.25, 0.3) is 0 Å². The predicted molar refractivity (Wildman–Crippen MR) is 75.5 cm³/mol. The van der Waals surface area contributed by atoms with Crippen molar-refractivity contribution in [2.75, 3.05) is 0 Å². The summed E-state index contributed by atoms with van der Waals surface area (Å²) in [5, 5.41) is 8.98. The third-order valence-electron chi connectivity index (χ3n) is 3.37. The Bertz CT molecular complexity index is 629. The lowest BCUT2D eigenvalue weighted by atomic mass is 10.2. The van der Waals surface area contributed by atoms with Crippen LogP contribution in [0.1, 0.15) is 36.5 Å². The van der Waals surface area contributed by atoms with Gasteiger partial charge in [0.05, 0.1) is 15.5 Å². The number of benzene rings is 1. The molecule has 2 unspecified atom stereocenters. The van der Waals surface area contributed by atoms with Gasteiger partial charge in [0, 0.05) is 6.04 Å². The van der Waals surface area contributed by atoms with E-state index in [0.29, 0.717) is 5.92 Å². The van der Waals surface area contributed by atoms with Gasteiger partial charge < -0.3 is 5.11 Å². The van der Waals surface area contributed by atoms with E-state index < -0.39 is 16.0 Å². The quantitative estimate of drug-likeness (QED) is 0.844. The SMILES string of the molecule is CCCC1CC1NS(=O)(=O)c1ccc(Cl)c(C(=O)O)c1. The molecule has 1 aromatic rings. The number of hydrogen-bond donors (Lipinski definition) is 2. The first kappa shape index (κ1) is 15.3. The molecule has 1 aliphatic carbocycles. The van der Waals surface area contributed by atoms with Crippen molar-refractivity contribution in [2.24, 2.45) is 5.92 Å². The van der Waals surface area contributed by atoms with Crippen LogP contribution in [0.3, 0.4) is 0 Å². The molecule has 0 saturated heterocycles. The zero-order valence-corrected chi connectivity index (χ0v) is 12.5. The fourth-order valence-electron chi connectivity index (χ4n) is 2.18. The molecule has 0 aromatic heterocycles. The summed E-state index contributed by atoms with van der Waals surface area (Å²) >= 11 is 5.73. The zero-order chi connectivity index (χ0) is 14.9. The smallest absolute Gasteiger partial charge is 0.337 e. The summed E-state index contributed by atoms with van der Waals surface area (Å²) in [6.07, 6.45) is 2.85. The van der Waals surface area contributed by atoms with Crippen LogP contribution in [-0.2, 0) is 10.0 Å². The van der Waals surface area contributed by atoms with E-state index in [-0.39, 0.29) is 21.5 Å². The molecule has 2 atom stereocenters. The van der Waals surface area contributed by atoms with Crippen LogP contribution in [0.15, 0.2) is 23.1 Å². The highest BCUT2D eigenvalue weighted by Gasteiger charge is 2.39. The minimum absolute atomic E-state index is 0.0201. The van der Waals surface area contributed by atoms with E-state index in [0.717, 1.165) is 25.3 Å². The lowest BCUT2D eigenvalue weighted by Crippen LogP contribution is -2.27. The molecular formula is C13H16ClNO4S. The summed E-state index contributed by atoms with van der Waals surface area (Å²) < 4.78 is 26.9. The monoisotopic (exact) mass is 317 g/mol. The minimum atomic E-state index is -3.69. The average Bonchev–Trinajstić information content (AvgIpc) is 3.06. The highest BCUT2D eigenvalue weighted by molar-refractivity contribution is 7.89. The van der Waals surface area contributed by atoms with E-state index in [1.807, 2.05) is 0 Å². The van der Waals surface area contributed by atoms with Crippen LogP contribution in [0.5, 0.6) is 0 Å². The van der Waals surface area contributed by atoms with E-state index in [9.17, 15) is 13.2 Å². The second kappa shape index (κ2) is 5.71. The molecule has 0 heterocycles. The fourth-order valence-corrected chi connectivity index (χ4v) is 3.73. The molecule has 0 spiro atoms. The minimum Gasteiger partial charge on any atom is -0.478 e. The normalized spacial score (nSPS) is 21.7. The van der Waals surface area contributed by atoms with Crippen LogP contribution in [0.2, 0.25) is 5.02 Å². The molecule has 1 fully saturated rings. The molecule has 0 radical (unpaired) electrons. The molecule has 2 rings (SSSR count). The van der Waals surface area contributed by atoms with Crippen LogP contribution < -0.4 is 4.72 Å². The summed E-state index contributed by atoms with van der Waals surface area (Å²) in [5.41, 5.74) is -0.213. The number of carboxylic acid groups (broad SMARTS) is 1. The summed E-state index contributed by atoms with van der Waals surface area (Å²) in [7, 11) is -3.69. The number of aromatic carboxylic acids is 1. The first-order chi connectivity index (χ1) is 9.35. The zero-order valence-electron chi connectivity index (χ0n) is 11.0. The third-order valence-corrected chi connectivity index (χ3v) is 5.18. The van der Waals surface area contributed by atoms with Crippen LogP contribution in [0.25, 0.3) is 0 Å². The lowest BCUT2D eigenvalue weighted by molar-refractivity contribution is 0.0697. The number of carbonyl (C=O) groups is 1. The van der Waals surface area contributed by atoms with Crippen LogP contribution >= 0.6 is 11.6 Å². The first-order valence-electron chi connectivity index (χ1n) is 6.40. The van der Waals surface area contributed by atoms with E-state index in [4.69, 9.17) is 16.7 Å². The van der Waals surface area contributed by atoms with Crippen molar-refractivity contribution in [3.8, 4) is 0 Å². The predicted octanol–water partition coefficient (Wildman–Crippen LogP) is 2.51. The molecule has 5 nitrogen and oxygen atoms in total. The maximum absolute atomic E-state index is 12.2. The molecule has 1 aromatic carbocycles. The molecule has 0 bridgehead atoms. The van der Waals surface area contributed by atoms with Gasteiger partial charge in [0.2, 0.25) is 10.0 Å². The Labute approximate surface area is 123 Å².